The van der Waals surface area contributed by atoms with E-state index in [4.69, 9.17) is 4.74 Å². The summed E-state index contributed by atoms with van der Waals surface area (Å²) in [6, 6.07) is 8.01. The predicted molar refractivity (Wildman–Crippen MR) is 90.7 cm³/mol. The summed E-state index contributed by atoms with van der Waals surface area (Å²) in [6.07, 6.45) is 7.56. The van der Waals surface area contributed by atoms with E-state index in [1.807, 2.05) is 31.2 Å². The molecule has 0 aromatic heterocycles. The number of rotatable bonds is 5. The van der Waals surface area contributed by atoms with Crippen LogP contribution in [-0.2, 0) is 14.3 Å². The molecule has 2 rings (SSSR count). The number of hydrogen-bond donors (Lipinski definition) is 1. The zero-order valence-corrected chi connectivity index (χ0v) is 13.9. The van der Waals surface area contributed by atoms with Gasteiger partial charge in [-0.05, 0) is 37.3 Å². The number of nitrogens with one attached hydrogen (secondary N) is 1. The van der Waals surface area contributed by atoms with Crippen LogP contribution in [0, 0.1) is 12.8 Å². The van der Waals surface area contributed by atoms with E-state index in [0.29, 0.717) is 5.92 Å². The van der Waals surface area contributed by atoms with Crippen LogP contribution in [-0.4, -0.2) is 24.5 Å². The second-order valence-electron chi connectivity index (χ2n) is 6.29. The third-order valence-corrected chi connectivity index (χ3v) is 4.29. The maximum absolute atomic E-state index is 11.9. The maximum Gasteiger partial charge on any atom is 0.331 e. The van der Waals surface area contributed by atoms with Gasteiger partial charge in [-0.2, -0.15) is 0 Å². The van der Waals surface area contributed by atoms with Gasteiger partial charge in [0.05, 0.1) is 0 Å². The van der Waals surface area contributed by atoms with Crippen molar-refractivity contribution in [3.63, 3.8) is 0 Å². The Morgan fingerprint density at radius 3 is 2.61 bits per heavy atom. The van der Waals surface area contributed by atoms with Crippen molar-refractivity contribution in [2.75, 3.05) is 6.61 Å². The monoisotopic (exact) mass is 315 g/mol. The Labute approximate surface area is 137 Å². The quantitative estimate of drug-likeness (QED) is 0.670. The average molecular weight is 315 g/mol. The number of carbonyl (C=O) groups is 2. The minimum Gasteiger partial charge on any atom is -0.452 e. The Bertz CT molecular complexity index is 562. The van der Waals surface area contributed by atoms with Gasteiger partial charge in [0.15, 0.2) is 6.61 Å². The molecule has 0 radical (unpaired) electrons. The highest BCUT2D eigenvalue weighted by Gasteiger charge is 2.22. The first-order valence-electron chi connectivity index (χ1n) is 8.25. The highest BCUT2D eigenvalue weighted by Crippen LogP contribution is 2.23. The first-order chi connectivity index (χ1) is 11.0. The Morgan fingerprint density at radius 2 is 1.91 bits per heavy atom. The molecule has 0 heterocycles. The fourth-order valence-electron chi connectivity index (χ4n) is 2.81. The van der Waals surface area contributed by atoms with Crippen LogP contribution in [0.5, 0.6) is 0 Å². The van der Waals surface area contributed by atoms with Gasteiger partial charge in [-0.3, -0.25) is 4.79 Å². The van der Waals surface area contributed by atoms with Crippen LogP contribution in [0.25, 0.3) is 6.08 Å². The smallest absolute Gasteiger partial charge is 0.331 e. The average Bonchev–Trinajstić information content (AvgIpc) is 2.54. The van der Waals surface area contributed by atoms with Crippen molar-refractivity contribution in [1.29, 1.82) is 0 Å². The van der Waals surface area contributed by atoms with Crippen molar-refractivity contribution in [2.45, 2.75) is 45.6 Å². The molecular formula is C19H25NO3. The van der Waals surface area contributed by atoms with Crippen LogP contribution in [0.4, 0.5) is 0 Å². The zero-order chi connectivity index (χ0) is 16.7. The minimum atomic E-state index is -0.502. The summed E-state index contributed by atoms with van der Waals surface area (Å²) in [4.78, 5) is 23.5. The van der Waals surface area contributed by atoms with Gasteiger partial charge in [-0.1, -0.05) is 49.6 Å². The lowest BCUT2D eigenvalue weighted by Gasteiger charge is -2.29. The molecule has 124 valence electrons. The van der Waals surface area contributed by atoms with Gasteiger partial charge in [0.1, 0.15) is 0 Å². The highest BCUT2D eigenvalue weighted by atomic mass is 16.5. The standard InChI is InChI=1S/C19H25NO3/c1-14-7-9-16(10-8-14)11-12-19(22)23-13-18(21)20-17-6-4-3-5-15(17)2/h7-12,15,17H,3-6,13H2,1-2H3,(H,20,21)/b12-11+/t15-,17-/m0/s1. The lowest BCUT2D eigenvalue weighted by atomic mass is 9.86. The summed E-state index contributed by atoms with van der Waals surface area (Å²) in [7, 11) is 0. The lowest BCUT2D eigenvalue weighted by molar-refractivity contribution is -0.144. The summed E-state index contributed by atoms with van der Waals surface area (Å²) in [5.41, 5.74) is 2.09. The molecule has 0 spiro atoms. The van der Waals surface area contributed by atoms with Gasteiger partial charge < -0.3 is 10.1 Å². The third-order valence-electron chi connectivity index (χ3n) is 4.29. The Kier molecular flexibility index (Phi) is 6.39. The number of carbonyl (C=O) groups excluding carboxylic acids is 2. The van der Waals surface area contributed by atoms with Crippen molar-refractivity contribution in [3.8, 4) is 0 Å². The van der Waals surface area contributed by atoms with Gasteiger partial charge in [-0.25, -0.2) is 4.79 Å². The third kappa shape index (κ3) is 5.89. The molecule has 23 heavy (non-hydrogen) atoms. The van der Waals surface area contributed by atoms with E-state index in [9.17, 15) is 9.59 Å². The van der Waals surface area contributed by atoms with Crippen LogP contribution in [0.1, 0.15) is 43.7 Å². The first kappa shape index (κ1) is 17.3. The fourth-order valence-corrected chi connectivity index (χ4v) is 2.81. The number of ether oxygens (including phenoxy) is 1. The van der Waals surface area contributed by atoms with Gasteiger partial charge in [0.25, 0.3) is 5.91 Å². The number of hydrogen-bond acceptors (Lipinski definition) is 3. The van der Waals surface area contributed by atoms with Crippen LogP contribution in [0.15, 0.2) is 30.3 Å². The van der Waals surface area contributed by atoms with E-state index in [1.165, 1.54) is 18.1 Å². The Hall–Kier alpha value is -2.10. The van der Waals surface area contributed by atoms with Crippen molar-refractivity contribution in [1.82, 2.24) is 5.32 Å². The summed E-state index contributed by atoms with van der Waals surface area (Å²) in [5.74, 6) is -0.233. The van der Waals surface area contributed by atoms with Crippen LogP contribution < -0.4 is 5.32 Å². The van der Waals surface area contributed by atoms with E-state index in [-0.39, 0.29) is 18.6 Å². The van der Waals surface area contributed by atoms with E-state index >= 15 is 0 Å². The van der Waals surface area contributed by atoms with Crippen LogP contribution >= 0.6 is 0 Å². The van der Waals surface area contributed by atoms with Crippen LogP contribution in [0.3, 0.4) is 0 Å². The largest absolute Gasteiger partial charge is 0.452 e. The van der Waals surface area contributed by atoms with Crippen molar-refractivity contribution in [2.24, 2.45) is 5.92 Å². The van der Waals surface area contributed by atoms with Gasteiger partial charge >= 0.3 is 5.97 Å². The Morgan fingerprint density at radius 1 is 1.22 bits per heavy atom. The van der Waals surface area contributed by atoms with Crippen molar-refractivity contribution < 1.29 is 14.3 Å². The fraction of sp³-hybridized carbons (Fsp3) is 0.474. The van der Waals surface area contributed by atoms with E-state index < -0.39 is 5.97 Å². The van der Waals surface area contributed by atoms with Crippen molar-refractivity contribution >= 4 is 18.0 Å². The second kappa shape index (κ2) is 8.51. The predicted octanol–water partition coefficient (Wildman–Crippen LogP) is 3.25. The molecule has 1 fully saturated rings. The molecule has 1 aliphatic carbocycles. The molecule has 1 amide bonds. The normalized spacial score (nSPS) is 21.1. The molecular weight excluding hydrogens is 290 g/mol. The second-order valence-corrected chi connectivity index (χ2v) is 6.29. The maximum atomic E-state index is 11.9. The molecule has 1 saturated carbocycles. The Balaban J connectivity index is 1.73. The summed E-state index contributed by atoms with van der Waals surface area (Å²) >= 11 is 0. The topological polar surface area (TPSA) is 55.4 Å². The number of benzene rings is 1. The van der Waals surface area contributed by atoms with E-state index in [2.05, 4.69) is 12.2 Å². The number of esters is 1. The molecule has 0 aliphatic heterocycles. The van der Waals surface area contributed by atoms with E-state index in [1.54, 1.807) is 6.08 Å². The highest BCUT2D eigenvalue weighted by molar-refractivity contribution is 5.89. The SMILES string of the molecule is Cc1ccc(/C=C/C(=O)OCC(=O)N[C@H]2CCCC[C@@H]2C)cc1. The van der Waals surface area contributed by atoms with Crippen LogP contribution in [0.2, 0.25) is 0 Å². The minimum absolute atomic E-state index is 0.207. The van der Waals surface area contributed by atoms with Gasteiger partial charge in [0.2, 0.25) is 0 Å². The van der Waals surface area contributed by atoms with Gasteiger partial charge in [-0.15, -0.1) is 0 Å². The molecule has 1 N–H and O–H groups in total. The molecule has 1 aromatic rings. The summed E-state index contributed by atoms with van der Waals surface area (Å²) in [5, 5.41) is 2.96. The molecule has 4 nitrogen and oxygen atoms in total. The number of aryl methyl sites for hydroxylation is 1. The number of amides is 1. The molecule has 1 aromatic carbocycles. The molecule has 0 saturated heterocycles. The molecule has 2 atom stereocenters. The molecule has 0 bridgehead atoms. The first-order valence-corrected chi connectivity index (χ1v) is 8.25. The lowest BCUT2D eigenvalue weighted by Crippen LogP contribution is -2.42. The molecule has 0 unspecified atom stereocenters. The summed E-state index contributed by atoms with van der Waals surface area (Å²) in [6.45, 7) is 3.94. The molecule has 4 heteroatoms. The molecule has 1 aliphatic rings. The van der Waals surface area contributed by atoms with Crippen molar-refractivity contribution in [3.05, 3.63) is 41.5 Å². The van der Waals surface area contributed by atoms with Gasteiger partial charge in [0, 0.05) is 12.1 Å². The zero-order valence-electron chi connectivity index (χ0n) is 13.9. The summed E-state index contributed by atoms with van der Waals surface area (Å²) < 4.78 is 4.99. The van der Waals surface area contributed by atoms with E-state index in [0.717, 1.165) is 24.8 Å².